The van der Waals surface area contributed by atoms with Crippen molar-refractivity contribution < 1.29 is 18.7 Å². The number of aromatic nitrogens is 1. The molecule has 0 N–H and O–H groups in total. The molecule has 1 heterocycles. The number of hydrogen-bond donors (Lipinski definition) is 0. The Morgan fingerprint density at radius 3 is 2.41 bits per heavy atom. The van der Waals surface area contributed by atoms with Crippen molar-refractivity contribution in [2.24, 2.45) is 0 Å². The van der Waals surface area contributed by atoms with Crippen LogP contribution >= 0.6 is 11.3 Å². The van der Waals surface area contributed by atoms with Crippen LogP contribution in [0.3, 0.4) is 0 Å². The van der Waals surface area contributed by atoms with Crippen molar-refractivity contribution >= 4 is 17.2 Å². The molecule has 0 saturated carbocycles. The van der Waals surface area contributed by atoms with Crippen molar-refractivity contribution in [3.8, 4) is 21.9 Å². The lowest BCUT2D eigenvalue weighted by molar-refractivity contribution is 0.0744. The van der Waals surface area contributed by atoms with Gasteiger partial charge < -0.3 is 14.4 Å². The average Bonchev–Trinajstić information content (AvgIpc) is 3.32. The third-order valence-corrected chi connectivity index (χ3v) is 7.33. The van der Waals surface area contributed by atoms with Crippen molar-refractivity contribution in [1.29, 1.82) is 0 Å². The van der Waals surface area contributed by atoms with Gasteiger partial charge in [-0.05, 0) is 48.6 Å². The molecule has 0 unspecified atom stereocenters. The van der Waals surface area contributed by atoms with E-state index < -0.39 is 0 Å². The minimum absolute atomic E-state index is 0.104. The highest BCUT2D eigenvalue weighted by molar-refractivity contribution is 7.15. The van der Waals surface area contributed by atoms with Gasteiger partial charge in [-0.3, -0.25) is 4.79 Å². The second kappa shape index (κ2) is 12.0. The minimum Gasteiger partial charge on any atom is -0.493 e. The topological polar surface area (TPSA) is 51.7 Å². The summed E-state index contributed by atoms with van der Waals surface area (Å²) in [4.78, 5) is 20.9. The normalized spacial score (nSPS) is 11.7. The lowest BCUT2D eigenvalue weighted by atomic mass is 10.00. The number of hydrogen-bond acceptors (Lipinski definition) is 5. The molecule has 5 nitrogen and oxygen atoms in total. The number of rotatable bonds is 10. The van der Waals surface area contributed by atoms with Crippen LogP contribution in [-0.4, -0.2) is 43.1 Å². The van der Waals surface area contributed by atoms with Gasteiger partial charge in [0.1, 0.15) is 11.5 Å². The Balaban J connectivity index is 1.65. The van der Waals surface area contributed by atoms with Crippen molar-refractivity contribution in [3.05, 3.63) is 100 Å². The summed E-state index contributed by atoms with van der Waals surface area (Å²) in [6.45, 7) is 4.92. The number of amides is 1. The SMILES string of the molecule is COc1ccc(CCN(C[C@@H](C)c2ccccc2)C(=O)c2nc(C)sc2-c2ccccc2F)cc1OC. The first-order valence-corrected chi connectivity index (χ1v) is 13.0. The highest BCUT2D eigenvalue weighted by atomic mass is 32.1. The number of methoxy groups -OCH3 is 2. The molecule has 0 bridgehead atoms. The van der Waals surface area contributed by atoms with Crippen LogP contribution in [0.15, 0.2) is 72.8 Å². The first kappa shape index (κ1) is 26.4. The molecule has 0 aliphatic carbocycles. The monoisotopic (exact) mass is 518 g/mol. The number of thiazole rings is 1. The van der Waals surface area contributed by atoms with E-state index in [0.29, 0.717) is 47.1 Å². The van der Waals surface area contributed by atoms with Crippen LogP contribution in [0.25, 0.3) is 10.4 Å². The van der Waals surface area contributed by atoms with Gasteiger partial charge >= 0.3 is 0 Å². The van der Waals surface area contributed by atoms with E-state index in [1.807, 2.05) is 48.2 Å². The maximum absolute atomic E-state index is 14.7. The van der Waals surface area contributed by atoms with E-state index in [9.17, 15) is 9.18 Å². The minimum atomic E-state index is -0.366. The molecule has 0 spiro atoms. The Labute approximate surface area is 221 Å². The molecule has 1 atom stereocenters. The Morgan fingerprint density at radius 1 is 1.00 bits per heavy atom. The van der Waals surface area contributed by atoms with E-state index in [-0.39, 0.29) is 17.6 Å². The number of nitrogens with zero attached hydrogens (tertiary/aromatic N) is 2. The van der Waals surface area contributed by atoms with E-state index in [0.717, 1.165) is 16.1 Å². The molecule has 1 amide bonds. The number of benzene rings is 3. The highest BCUT2D eigenvalue weighted by Crippen LogP contribution is 2.33. The Kier molecular flexibility index (Phi) is 8.56. The van der Waals surface area contributed by atoms with E-state index in [1.54, 1.807) is 32.4 Å². The maximum Gasteiger partial charge on any atom is 0.274 e. The molecule has 4 rings (SSSR count). The van der Waals surface area contributed by atoms with Crippen LogP contribution in [0.2, 0.25) is 0 Å². The van der Waals surface area contributed by atoms with E-state index in [2.05, 4.69) is 24.0 Å². The van der Waals surface area contributed by atoms with Gasteiger partial charge in [0.15, 0.2) is 11.5 Å². The van der Waals surface area contributed by atoms with E-state index >= 15 is 0 Å². The standard InChI is InChI=1S/C30H31FN2O3S/c1-20(23-10-6-5-7-11-23)19-33(17-16-22-14-15-26(35-3)27(18-22)36-4)30(34)28-29(37-21(2)32-28)24-12-8-9-13-25(24)31/h5-15,18,20H,16-17,19H2,1-4H3/t20-/m1/s1. The van der Waals surface area contributed by atoms with E-state index in [4.69, 9.17) is 9.47 Å². The highest BCUT2D eigenvalue weighted by Gasteiger charge is 2.26. The predicted octanol–water partition coefficient (Wildman–Crippen LogP) is 6.76. The Hall–Kier alpha value is -3.71. The fourth-order valence-electron chi connectivity index (χ4n) is 4.34. The summed E-state index contributed by atoms with van der Waals surface area (Å²) >= 11 is 1.34. The third-order valence-electron chi connectivity index (χ3n) is 6.32. The van der Waals surface area contributed by atoms with Gasteiger partial charge in [0.25, 0.3) is 5.91 Å². The number of carbonyl (C=O) groups excluding carboxylic acids is 1. The molecule has 0 radical (unpaired) electrons. The number of carbonyl (C=O) groups is 1. The van der Waals surface area contributed by atoms with Crippen molar-refractivity contribution in [2.45, 2.75) is 26.2 Å². The molecule has 0 saturated heterocycles. The number of aryl methyl sites for hydroxylation is 1. The summed E-state index contributed by atoms with van der Waals surface area (Å²) in [5.74, 6) is 0.838. The van der Waals surface area contributed by atoms with Crippen molar-refractivity contribution in [1.82, 2.24) is 9.88 Å². The molecule has 0 fully saturated rings. The molecule has 4 aromatic rings. The number of halogens is 1. The van der Waals surface area contributed by atoms with Crippen molar-refractivity contribution in [3.63, 3.8) is 0 Å². The van der Waals surface area contributed by atoms with Gasteiger partial charge in [-0.25, -0.2) is 9.37 Å². The summed E-state index contributed by atoms with van der Waals surface area (Å²) in [7, 11) is 3.21. The zero-order valence-electron chi connectivity index (χ0n) is 21.5. The van der Waals surface area contributed by atoms with Crippen LogP contribution in [0.1, 0.15) is 39.5 Å². The summed E-state index contributed by atoms with van der Waals surface area (Å²) < 4.78 is 25.5. The first-order valence-electron chi connectivity index (χ1n) is 12.2. The third kappa shape index (κ3) is 6.17. The second-order valence-electron chi connectivity index (χ2n) is 8.89. The maximum atomic E-state index is 14.7. The summed E-state index contributed by atoms with van der Waals surface area (Å²) in [5.41, 5.74) is 2.86. The zero-order chi connectivity index (χ0) is 26.4. The largest absolute Gasteiger partial charge is 0.493 e. The predicted molar refractivity (Wildman–Crippen MR) is 146 cm³/mol. The molecule has 0 aliphatic heterocycles. The first-order chi connectivity index (χ1) is 17.9. The summed E-state index contributed by atoms with van der Waals surface area (Å²) in [5, 5.41) is 0.720. The average molecular weight is 519 g/mol. The van der Waals surface area contributed by atoms with Gasteiger partial charge in [-0.2, -0.15) is 0 Å². The smallest absolute Gasteiger partial charge is 0.274 e. The molecule has 1 aromatic heterocycles. The van der Waals surface area contributed by atoms with Crippen LogP contribution in [0.5, 0.6) is 11.5 Å². The fraction of sp³-hybridized carbons (Fsp3) is 0.267. The lowest BCUT2D eigenvalue weighted by Gasteiger charge is -2.26. The van der Waals surface area contributed by atoms with Gasteiger partial charge in [0, 0.05) is 18.7 Å². The van der Waals surface area contributed by atoms with Crippen LogP contribution < -0.4 is 9.47 Å². The van der Waals surface area contributed by atoms with Crippen molar-refractivity contribution in [2.75, 3.05) is 27.3 Å². The molecule has 7 heteroatoms. The molecular formula is C30H31FN2O3S. The Morgan fingerprint density at radius 2 is 1.70 bits per heavy atom. The molecule has 0 aliphatic rings. The Bertz CT molecular complexity index is 1360. The van der Waals surface area contributed by atoms with Gasteiger partial charge in [-0.1, -0.05) is 61.5 Å². The number of ether oxygens (including phenoxy) is 2. The van der Waals surface area contributed by atoms with Gasteiger partial charge in [0.2, 0.25) is 0 Å². The zero-order valence-corrected chi connectivity index (χ0v) is 22.3. The summed E-state index contributed by atoms with van der Waals surface area (Å²) in [6, 6.07) is 22.4. The lowest BCUT2D eigenvalue weighted by Crippen LogP contribution is -2.36. The quantitative estimate of drug-likeness (QED) is 0.233. The van der Waals surface area contributed by atoms with Crippen LogP contribution in [-0.2, 0) is 6.42 Å². The van der Waals surface area contributed by atoms with Crippen LogP contribution in [0.4, 0.5) is 4.39 Å². The summed E-state index contributed by atoms with van der Waals surface area (Å²) in [6.07, 6.45) is 0.617. The van der Waals surface area contributed by atoms with Crippen LogP contribution in [0, 0.1) is 12.7 Å². The fourth-order valence-corrected chi connectivity index (χ4v) is 5.28. The molecule has 192 valence electrons. The second-order valence-corrected chi connectivity index (χ2v) is 10.1. The van der Waals surface area contributed by atoms with Gasteiger partial charge in [-0.15, -0.1) is 11.3 Å². The van der Waals surface area contributed by atoms with E-state index in [1.165, 1.54) is 17.4 Å². The molecular weight excluding hydrogens is 487 g/mol. The molecule has 3 aromatic carbocycles. The molecule has 37 heavy (non-hydrogen) atoms. The van der Waals surface area contributed by atoms with Gasteiger partial charge in [0.05, 0.1) is 24.1 Å².